The molecule has 100 valence electrons. The second kappa shape index (κ2) is 5.27. The first-order valence-corrected chi connectivity index (χ1v) is 7.46. The fourth-order valence-electron chi connectivity index (χ4n) is 3.69. The monoisotopic (exact) mass is 240 g/mol. The summed E-state index contributed by atoms with van der Waals surface area (Å²) in [6.07, 6.45) is 8.63. The largest absolute Gasteiger partial charge is 0.392 e. The van der Waals surface area contributed by atoms with Crippen molar-refractivity contribution in [1.82, 2.24) is 0 Å². The van der Waals surface area contributed by atoms with Crippen molar-refractivity contribution in [3.05, 3.63) is 0 Å². The minimum atomic E-state index is -0.134. The van der Waals surface area contributed by atoms with Crippen LogP contribution in [0, 0.1) is 11.3 Å². The third kappa shape index (κ3) is 2.39. The van der Waals surface area contributed by atoms with Crippen LogP contribution in [-0.4, -0.2) is 23.4 Å². The number of ether oxygens (including phenoxy) is 1. The lowest BCUT2D eigenvalue weighted by Crippen LogP contribution is -2.58. The van der Waals surface area contributed by atoms with Gasteiger partial charge in [0.15, 0.2) is 0 Å². The summed E-state index contributed by atoms with van der Waals surface area (Å²) < 4.78 is 6.28. The molecule has 2 aliphatic carbocycles. The van der Waals surface area contributed by atoms with E-state index in [2.05, 4.69) is 20.8 Å². The van der Waals surface area contributed by atoms with Crippen LogP contribution in [0.3, 0.4) is 0 Å². The number of aliphatic hydroxyl groups is 1. The van der Waals surface area contributed by atoms with E-state index in [1.54, 1.807) is 0 Å². The highest BCUT2D eigenvalue weighted by Crippen LogP contribution is 2.49. The lowest BCUT2D eigenvalue weighted by atomic mass is 9.60. The van der Waals surface area contributed by atoms with E-state index in [0.29, 0.717) is 12.2 Å². The molecule has 2 heteroatoms. The van der Waals surface area contributed by atoms with Crippen LogP contribution in [0.4, 0.5) is 0 Å². The Labute approximate surface area is 106 Å². The molecule has 0 heterocycles. The summed E-state index contributed by atoms with van der Waals surface area (Å²) in [5, 5.41) is 10.0. The highest BCUT2D eigenvalue weighted by atomic mass is 16.5. The molecule has 2 unspecified atom stereocenters. The van der Waals surface area contributed by atoms with Crippen molar-refractivity contribution in [3.8, 4) is 0 Å². The van der Waals surface area contributed by atoms with Gasteiger partial charge in [-0.05, 0) is 44.4 Å². The Morgan fingerprint density at radius 3 is 2.18 bits per heavy atom. The van der Waals surface area contributed by atoms with Crippen molar-refractivity contribution in [2.24, 2.45) is 11.3 Å². The standard InChI is InChI=1S/C15H28O2/c1-4-15(5-2)13(16)10-14(15)17-12-8-6-11(3)7-9-12/h11-14,16H,4-10H2,1-3H3. The fourth-order valence-corrected chi connectivity index (χ4v) is 3.69. The molecule has 0 spiro atoms. The molecule has 2 atom stereocenters. The summed E-state index contributed by atoms with van der Waals surface area (Å²) in [5.41, 5.74) is 0.0586. The van der Waals surface area contributed by atoms with E-state index < -0.39 is 0 Å². The minimum Gasteiger partial charge on any atom is -0.392 e. The summed E-state index contributed by atoms with van der Waals surface area (Å²) in [7, 11) is 0. The zero-order valence-corrected chi connectivity index (χ0v) is 11.6. The average Bonchev–Trinajstić information content (AvgIpc) is 2.33. The van der Waals surface area contributed by atoms with Crippen molar-refractivity contribution in [2.75, 3.05) is 0 Å². The normalized spacial score (nSPS) is 40.9. The molecule has 2 fully saturated rings. The van der Waals surface area contributed by atoms with E-state index in [1.807, 2.05) is 0 Å². The third-order valence-corrected chi connectivity index (χ3v) is 5.38. The van der Waals surface area contributed by atoms with Gasteiger partial charge in [-0.3, -0.25) is 0 Å². The second-order valence-corrected chi connectivity index (χ2v) is 6.20. The van der Waals surface area contributed by atoms with E-state index in [-0.39, 0.29) is 11.5 Å². The summed E-state index contributed by atoms with van der Waals surface area (Å²) in [6.45, 7) is 6.71. The first kappa shape index (κ1) is 13.4. The Morgan fingerprint density at radius 1 is 1.12 bits per heavy atom. The van der Waals surface area contributed by atoms with Gasteiger partial charge in [0, 0.05) is 11.8 Å². The number of hydrogen-bond acceptors (Lipinski definition) is 2. The van der Waals surface area contributed by atoms with E-state index in [9.17, 15) is 5.11 Å². The zero-order valence-electron chi connectivity index (χ0n) is 11.6. The quantitative estimate of drug-likeness (QED) is 0.814. The summed E-state index contributed by atoms with van der Waals surface area (Å²) in [4.78, 5) is 0. The van der Waals surface area contributed by atoms with Crippen LogP contribution in [0.15, 0.2) is 0 Å². The van der Waals surface area contributed by atoms with Crippen LogP contribution in [0.5, 0.6) is 0 Å². The SMILES string of the molecule is CCC1(CC)C(O)CC1OC1CCC(C)CC1. The Morgan fingerprint density at radius 2 is 1.71 bits per heavy atom. The van der Waals surface area contributed by atoms with Crippen molar-refractivity contribution in [3.63, 3.8) is 0 Å². The highest BCUT2D eigenvalue weighted by molar-refractivity contribution is 5.03. The third-order valence-electron chi connectivity index (χ3n) is 5.38. The molecule has 2 saturated carbocycles. The predicted molar refractivity (Wildman–Crippen MR) is 69.9 cm³/mol. The van der Waals surface area contributed by atoms with Gasteiger partial charge < -0.3 is 9.84 Å². The Kier molecular flexibility index (Phi) is 4.14. The smallest absolute Gasteiger partial charge is 0.0684 e. The van der Waals surface area contributed by atoms with Crippen molar-refractivity contribution < 1.29 is 9.84 Å². The summed E-state index contributed by atoms with van der Waals surface area (Å²) in [5.74, 6) is 0.879. The molecular weight excluding hydrogens is 212 g/mol. The number of aliphatic hydroxyl groups excluding tert-OH is 1. The molecule has 2 nitrogen and oxygen atoms in total. The van der Waals surface area contributed by atoms with E-state index in [0.717, 1.165) is 25.2 Å². The van der Waals surface area contributed by atoms with Crippen LogP contribution in [0.25, 0.3) is 0 Å². The number of rotatable bonds is 4. The molecule has 0 aliphatic heterocycles. The molecule has 17 heavy (non-hydrogen) atoms. The summed E-state index contributed by atoms with van der Waals surface area (Å²) >= 11 is 0. The lowest BCUT2D eigenvalue weighted by molar-refractivity contribution is -0.217. The van der Waals surface area contributed by atoms with Crippen LogP contribution < -0.4 is 0 Å². The van der Waals surface area contributed by atoms with E-state index in [1.165, 1.54) is 25.7 Å². The molecule has 0 bridgehead atoms. The topological polar surface area (TPSA) is 29.5 Å². The van der Waals surface area contributed by atoms with Gasteiger partial charge in [0.25, 0.3) is 0 Å². The van der Waals surface area contributed by atoms with E-state index in [4.69, 9.17) is 4.74 Å². The second-order valence-electron chi connectivity index (χ2n) is 6.20. The Hall–Kier alpha value is -0.0800. The number of hydrogen-bond donors (Lipinski definition) is 1. The molecule has 0 aromatic carbocycles. The molecule has 0 aromatic heterocycles. The maximum atomic E-state index is 10.0. The van der Waals surface area contributed by atoms with Crippen LogP contribution >= 0.6 is 0 Å². The van der Waals surface area contributed by atoms with Gasteiger partial charge in [-0.1, -0.05) is 20.8 Å². The fraction of sp³-hybridized carbons (Fsp3) is 1.00. The molecule has 0 aromatic rings. The average molecular weight is 240 g/mol. The molecule has 0 radical (unpaired) electrons. The van der Waals surface area contributed by atoms with Crippen molar-refractivity contribution >= 4 is 0 Å². The van der Waals surface area contributed by atoms with Gasteiger partial charge in [-0.15, -0.1) is 0 Å². The molecule has 0 saturated heterocycles. The van der Waals surface area contributed by atoms with Crippen molar-refractivity contribution in [2.45, 2.75) is 84.0 Å². The maximum Gasteiger partial charge on any atom is 0.0684 e. The van der Waals surface area contributed by atoms with Crippen LogP contribution in [0.1, 0.15) is 65.7 Å². The van der Waals surface area contributed by atoms with Crippen LogP contribution in [-0.2, 0) is 4.74 Å². The Balaban J connectivity index is 1.87. The lowest BCUT2D eigenvalue weighted by Gasteiger charge is -2.54. The van der Waals surface area contributed by atoms with Crippen LogP contribution in [0.2, 0.25) is 0 Å². The van der Waals surface area contributed by atoms with Gasteiger partial charge in [0.05, 0.1) is 18.3 Å². The first-order valence-electron chi connectivity index (χ1n) is 7.46. The van der Waals surface area contributed by atoms with Gasteiger partial charge >= 0.3 is 0 Å². The minimum absolute atomic E-state index is 0.0586. The first-order chi connectivity index (χ1) is 8.12. The van der Waals surface area contributed by atoms with Gasteiger partial charge in [-0.25, -0.2) is 0 Å². The van der Waals surface area contributed by atoms with Crippen molar-refractivity contribution in [1.29, 1.82) is 0 Å². The molecule has 1 N–H and O–H groups in total. The zero-order chi connectivity index (χ0) is 12.5. The predicted octanol–water partition coefficient (Wildman–Crippen LogP) is 3.52. The molecule has 2 aliphatic rings. The van der Waals surface area contributed by atoms with E-state index >= 15 is 0 Å². The molecular formula is C15H28O2. The highest BCUT2D eigenvalue weighted by Gasteiger charge is 2.53. The van der Waals surface area contributed by atoms with Gasteiger partial charge in [0.2, 0.25) is 0 Å². The molecule has 0 amide bonds. The maximum absolute atomic E-state index is 10.0. The Bertz CT molecular complexity index is 239. The summed E-state index contributed by atoms with van der Waals surface area (Å²) in [6, 6.07) is 0. The van der Waals surface area contributed by atoms with Gasteiger partial charge in [0.1, 0.15) is 0 Å². The van der Waals surface area contributed by atoms with Gasteiger partial charge in [-0.2, -0.15) is 0 Å². The molecule has 2 rings (SSSR count).